The van der Waals surface area contributed by atoms with Crippen molar-refractivity contribution in [3.8, 4) is 5.75 Å². The van der Waals surface area contributed by atoms with Gasteiger partial charge >= 0.3 is 0 Å². The van der Waals surface area contributed by atoms with Crippen LogP contribution in [0.3, 0.4) is 0 Å². The fraction of sp³-hybridized carbons (Fsp3) is 0.355. The first-order valence-corrected chi connectivity index (χ1v) is 12.8. The number of fused-ring (bicyclic) bond motifs is 1. The zero-order valence-electron chi connectivity index (χ0n) is 20.2. The van der Waals surface area contributed by atoms with Crippen LogP contribution < -0.4 is 4.74 Å². The lowest BCUT2D eigenvalue weighted by molar-refractivity contribution is 0.235. The van der Waals surface area contributed by atoms with E-state index in [4.69, 9.17) is 16.3 Å². The van der Waals surface area contributed by atoms with Gasteiger partial charge in [-0.1, -0.05) is 86.8 Å². The Balaban J connectivity index is 1.74. The Labute approximate surface area is 204 Å². The van der Waals surface area contributed by atoms with Crippen molar-refractivity contribution >= 4 is 22.7 Å². The number of ether oxygens (including phenoxy) is 1. The SMILES string of the molecule is CCC[C@@H](CC)COc1ccc(C2=C(c3ccc(C)cc3Cl)CCCc3ccccc32)cc1. The van der Waals surface area contributed by atoms with Crippen LogP contribution >= 0.6 is 11.6 Å². The van der Waals surface area contributed by atoms with E-state index in [0.717, 1.165) is 48.6 Å². The standard InChI is InChI=1S/C31H35ClO/c1-4-9-23(5-2)21-33-26-17-15-25(16-18-26)31-27-12-7-6-10-24(27)11-8-13-29(31)28-19-14-22(3)20-30(28)32/h6-7,10,12,14-20,23H,4-5,8-9,11,13,21H2,1-3H3/t23-/m1/s1. The summed E-state index contributed by atoms with van der Waals surface area (Å²) in [6, 6.07) is 24.0. The van der Waals surface area contributed by atoms with E-state index in [2.05, 4.69) is 87.5 Å². The van der Waals surface area contributed by atoms with Crippen LogP contribution in [0.4, 0.5) is 0 Å². The molecule has 0 aliphatic heterocycles. The van der Waals surface area contributed by atoms with E-state index >= 15 is 0 Å². The maximum Gasteiger partial charge on any atom is 0.119 e. The molecule has 172 valence electrons. The highest BCUT2D eigenvalue weighted by atomic mass is 35.5. The average Bonchev–Trinajstić information content (AvgIpc) is 3.02. The van der Waals surface area contributed by atoms with E-state index in [9.17, 15) is 0 Å². The van der Waals surface area contributed by atoms with Gasteiger partial charge in [0.1, 0.15) is 5.75 Å². The van der Waals surface area contributed by atoms with Crippen molar-refractivity contribution in [3.63, 3.8) is 0 Å². The molecule has 0 amide bonds. The van der Waals surface area contributed by atoms with Crippen LogP contribution in [0.1, 0.15) is 73.8 Å². The van der Waals surface area contributed by atoms with Gasteiger partial charge in [0.2, 0.25) is 0 Å². The second-order valence-corrected chi connectivity index (χ2v) is 9.65. The number of benzene rings is 3. The van der Waals surface area contributed by atoms with Crippen molar-refractivity contribution < 1.29 is 4.74 Å². The smallest absolute Gasteiger partial charge is 0.119 e. The minimum absolute atomic E-state index is 0.626. The van der Waals surface area contributed by atoms with Gasteiger partial charge in [-0.25, -0.2) is 0 Å². The van der Waals surface area contributed by atoms with Crippen LogP contribution in [0.25, 0.3) is 11.1 Å². The Bertz CT molecular complexity index is 1110. The Morgan fingerprint density at radius 2 is 1.70 bits per heavy atom. The van der Waals surface area contributed by atoms with Gasteiger partial charge in [0.15, 0.2) is 0 Å². The largest absolute Gasteiger partial charge is 0.493 e. The molecule has 1 atom stereocenters. The number of hydrogen-bond donors (Lipinski definition) is 0. The third-order valence-corrected chi connectivity index (χ3v) is 7.13. The lowest BCUT2D eigenvalue weighted by atomic mass is 9.87. The van der Waals surface area contributed by atoms with Crippen molar-refractivity contribution in [2.75, 3.05) is 6.61 Å². The number of hydrogen-bond acceptors (Lipinski definition) is 1. The van der Waals surface area contributed by atoms with Crippen molar-refractivity contribution in [1.82, 2.24) is 0 Å². The molecular weight excluding hydrogens is 424 g/mol. The molecule has 1 nitrogen and oxygen atoms in total. The minimum Gasteiger partial charge on any atom is -0.493 e. The van der Waals surface area contributed by atoms with Crippen LogP contribution in [0.5, 0.6) is 5.75 Å². The molecule has 0 fully saturated rings. The number of aryl methyl sites for hydroxylation is 2. The van der Waals surface area contributed by atoms with Gasteiger partial charge in [-0.05, 0) is 95.7 Å². The summed E-state index contributed by atoms with van der Waals surface area (Å²) in [5.74, 6) is 1.58. The molecule has 0 radical (unpaired) electrons. The first-order chi connectivity index (χ1) is 16.1. The maximum atomic E-state index is 6.78. The van der Waals surface area contributed by atoms with E-state index in [1.54, 1.807) is 0 Å². The van der Waals surface area contributed by atoms with Gasteiger partial charge in [0, 0.05) is 5.02 Å². The molecule has 0 N–H and O–H groups in total. The molecule has 3 aromatic rings. The lowest BCUT2D eigenvalue weighted by Gasteiger charge is -2.19. The first kappa shape index (κ1) is 23.6. The Morgan fingerprint density at radius 3 is 2.42 bits per heavy atom. The highest BCUT2D eigenvalue weighted by molar-refractivity contribution is 6.32. The van der Waals surface area contributed by atoms with Gasteiger partial charge in [-0.2, -0.15) is 0 Å². The molecule has 33 heavy (non-hydrogen) atoms. The Kier molecular flexibility index (Phi) is 7.93. The number of rotatable bonds is 8. The third kappa shape index (κ3) is 5.53. The van der Waals surface area contributed by atoms with Gasteiger partial charge in [-0.3, -0.25) is 0 Å². The van der Waals surface area contributed by atoms with E-state index in [1.807, 2.05) is 0 Å². The molecule has 0 spiro atoms. The Hall–Kier alpha value is -2.51. The normalized spacial score (nSPS) is 14.5. The van der Waals surface area contributed by atoms with Crippen LogP contribution in [0.15, 0.2) is 66.7 Å². The molecule has 0 aromatic heterocycles. The summed E-state index contributed by atoms with van der Waals surface area (Å²) < 4.78 is 6.15. The van der Waals surface area contributed by atoms with E-state index in [1.165, 1.54) is 46.2 Å². The fourth-order valence-corrected chi connectivity index (χ4v) is 5.28. The Morgan fingerprint density at radius 1 is 0.909 bits per heavy atom. The second-order valence-electron chi connectivity index (χ2n) is 9.25. The van der Waals surface area contributed by atoms with Crippen LogP contribution in [-0.2, 0) is 6.42 Å². The summed E-state index contributed by atoms with van der Waals surface area (Å²) in [5, 5.41) is 0.836. The monoisotopic (exact) mass is 458 g/mol. The summed E-state index contributed by atoms with van der Waals surface area (Å²) in [6.45, 7) is 7.38. The zero-order chi connectivity index (χ0) is 23.2. The second kappa shape index (κ2) is 11.1. The van der Waals surface area contributed by atoms with Gasteiger partial charge < -0.3 is 4.74 Å². The number of allylic oxidation sites excluding steroid dienone is 1. The molecule has 0 saturated heterocycles. The zero-order valence-corrected chi connectivity index (χ0v) is 20.9. The lowest BCUT2D eigenvalue weighted by Crippen LogP contribution is -2.10. The quantitative estimate of drug-likeness (QED) is 0.327. The maximum absolute atomic E-state index is 6.78. The van der Waals surface area contributed by atoms with Crippen LogP contribution in [0.2, 0.25) is 5.02 Å². The molecule has 1 aliphatic carbocycles. The number of halogens is 1. The van der Waals surface area contributed by atoms with Crippen molar-refractivity contribution in [2.45, 2.75) is 59.3 Å². The third-order valence-electron chi connectivity index (χ3n) is 6.81. The molecule has 0 unspecified atom stereocenters. The summed E-state index contributed by atoms with van der Waals surface area (Å²) in [5.41, 5.74) is 8.95. The predicted octanol–water partition coefficient (Wildman–Crippen LogP) is 9.15. The summed E-state index contributed by atoms with van der Waals surface area (Å²) in [6.07, 6.45) is 6.81. The molecular formula is C31H35ClO. The minimum atomic E-state index is 0.626. The average molecular weight is 459 g/mol. The van der Waals surface area contributed by atoms with Crippen molar-refractivity contribution in [3.05, 3.63) is 99.6 Å². The molecule has 2 heteroatoms. The fourth-order valence-electron chi connectivity index (χ4n) is 4.93. The summed E-state index contributed by atoms with van der Waals surface area (Å²) in [7, 11) is 0. The highest BCUT2D eigenvalue weighted by Crippen LogP contribution is 2.42. The van der Waals surface area contributed by atoms with Crippen LogP contribution in [0, 0.1) is 12.8 Å². The molecule has 0 heterocycles. The molecule has 1 aliphatic rings. The van der Waals surface area contributed by atoms with E-state index in [0.29, 0.717) is 5.92 Å². The molecule has 3 aromatic carbocycles. The van der Waals surface area contributed by atoms with E-state index in [-0.39, 0.29) is 0 Å². The van der Waals surface area contributed by atoms with Gasteiger partial charge in [0.05, 0.1) is 6.61 Å². The van der Waals surface area contributed by atoms with Gasteiger partial charge in [-0.15, -0.1) is 0 Å². The topological polar surface area (TPSA) is 9.23 Å². The molecule has 4 rings (SSSR count). The van der Waals surface area contributed by atoms with Crippen molar-refractivity contribution in [2.24, 2.45) is 5.92 Å². The molecule has 0 bridgehead atoms. The van der Waals surface area contributed by atoms with E-state index < -0.39 is 0 Å². The predicted molar refractivity (Wildman–Crippen MR) is 142 cm³/mol. The molecule has 0 saturated carbocycles. The highest BCUT2D eigenvalue weighted by Gasteiger charge is 2.21. The summed E-state index contributed by atoms with van der Waals surface area (Å²) >= 11 is 6.78. The first-order valence-electron chi connectivity index (χ1n) is 12.4. The summed E-state index contributed by atoms with van der Waals surface area (Å²) in [4.78, 5) is 0. The van der Waals surface area contributed by atoms with Crippen LogP contribution in [-0.4, -0.2) is 6.61 Å². The van der Waals surface area contributed by atoms with Gasteiger partial charge in [0.25, 0.3) is 0 Å². The van der Waals surface area contributed by atoms with Crippen molar-refractivity contribution in [1.29, 1.82) is 0 Å².